The van der Waals surface area contributed by atoms with Crippen molar-refractivity contribution in [2.24, 2.45) is 0 Å². The van der Waals surface area contributed by atoms with Gasteiger partial charge in [-0.3, -0.25) is 10.1 Å². The van der Waals surface area contributed by atoms with Crippen LogP contribution in [0.15, 0.2) is 24.3 Å². The molecule has 1 rings (SSSR count). The van der Waals surface area contributed by atoms with Gasteiger partial charge < -0.3 is 6.53 Å². The minimum atomic E-state index is -1.29. The van der Waals surface area contributed by atoms with Crippen molar-refractivity contribution in [2.75, 3.05) is 0 Å². The molecule has 0 amide bonds. The molecule has 0 spiro atoms. The Labute approximate surface area is 118 Å². The van der Waals surface area contributed by atoms with Crippen molar-refractivity contribution in [1.82, 2.24) is 0 Å². The molecule has 5 nitrogen and oxygen atoms in total. The molecule has 0 heterocycles. The molecule has 0 aliphatic heterocycles. The maximum Gasteiger partial charge on any atom is 1.00 e. The summed E-state index contributed by atoms with van der Waals surface area (Å²) < 4.78 is 0. The van der Waals surface area contributed by atoms with Gasteiger partial charge in [0.25, 0.3) is 5.69 Å². The summed E-state index contributed by atoms with van der Waals surface area (Å²) in [5.41, 5.74) is -0.674. The molecule has 13 heavy (non-hydrogen) atoms. The second-order valence-electron chi connectivity index (χ2n) is 2.08. The number of nitrogens with zero attached hydrogens (tertiary/aromatic N) is 1. The topological polar surface area (TPSA) is 80.4 Å². The number of aromatic carboxylic acids is 1. The number of benzene rings is 1. The standard InChI is InChI=1S/C7H5NO4.K.H/c9-7(10)5-3-1-2-4-6(5)8(11)12;;/h1-4H,(H,9,10);;/q;+1;-1. The second kappa shape index (κ2) is 5.46. The van der Waals surface area contributed by atoms with Crippen LogP contribution in [0.5, 0.6) is 0 Å². The van der Waals surface area contributed by atoms with Gasteiger partial charge in [-0.05, 0) is 6.07 Å². The van der Waals surface area contributed by atoms with E-state index in [0.717, 1.165) is 6.07 Å². The fraction of sp³-hybridized carbons (Fsp3) is 0. The van der Waals surface area contributed by atoms with E-state index in [1.165, 1.54) is 18.2 Å². The van der Waals surface area contributed by atoms with E-state index in [9.17, 15) is 14.9 Å². The van der Waals surface area contributed by atoms with E-state index in [4.69, 9.17) is 5.11 Å². The number of hydrogen-bond acceptors (Lipinski definition) is 3. The molecule has 0 atom stereocenters. The van der Waals surface area contributed by atoms with Crippen LogP contribution in [0.4, 0.5) is 5.69 Å². The summed E-state index contributed by atoms with van der Waals surface area (Å²) >= 11 is 0. The van der Waals surface area contributed by atoms with Crippen molar-refractivity contribution in [3.05, 3.63) is 39.9 Å². The van der Waals surface area contributed by atoms with E-state index >= 15 is 0 Å². The number of carboxylic acids is 1. The van der Waals surface area contributed by atoms with Crippen molar-refractivity contribution >= 4 is 11.7 Å². The number of hydrogen-bond donors (Lipinski definition) is 1. The number of carbonyl (C=O) groups is 1. The monoisotopic (exact) mass is 207 g/mol. The Hall–Kier alpha value is -0.274. The molecule has 0 unspecified atom stereocenters. The van der Waals surface area contributed by atoms with Gasteiger partial charge >= 0.3 is 57.4 Å². The number of nitro benzene ring substituents is 1. The maximum atomic E-state index is 10.4. The average Bonchev–Trinajstić information content (AvgIpc) is 2.04. The van der Waals surface area contributed by atoms with Gasteiger partial charge in [-0.1, -0.05) is 12.1 Å². The van der Waals surface area contributed by atoms with Crippen molar-refractivity contribution in [1.29, 1.82) is 0 Å². The van der Waals surface area contributed by atoms with E-state index in [1.54, 1.807) is 0 Å². The summed E-state index contributed by atoms with van der Waals surface area (Å²) in [4.78, 5) is 20.0. The number of para-hydroxylation sites is 1. The van der Waals surface area contributed by atoms with E-state index in [0.29, 0.717) is 0 Å². The van der Waals surface area contributed by atoms with E-state index in [2.05, 4.69) is 0 Å². The Kier molecular flexibility index (Phi) is 5.34. The fourth-order valence-electron chi connectivity index (χ4n) is 0.814. The summed E-state index contributed by atoms with van der Waals surface area (Å²) in [5, 5.41) is 18.8. The molecule has 1 aromatic rings. The van der Waals surface area contributed by atoms with Crippen LogP contribution in [0.25, 0.3) is 0 Å². The van der Waals surface area contributed by atoms with Crippen LogP contribution in [0.1, 0.15) is 11.8 Å². The van der Waals surface area contributed by atoms with Gasteiger partial charge in [0.2, 0.25) is 0 Å². The summed E-state index contributed by atoms with van der Waals surface area (Å²) in [6, 6.07) is 5.21. The van der Waals surface area contributed by atoms with Crippen LogP contribution in [-0.4, -0.2) is 16.0 Å². The van der Waals surface area contributed by atoms with Gasteiger partial charge in [-0.15, -0.1) is 0 Å². The molecule has 64 valence electrons. The SMILES string of the molecule is O=C(O)c1ccccc1[N+](=O)[O-].[H-].[K+]. The molecule has 0 radical (unpaired) electrons. The number of nitro groups is 1. The zero-order valence-electron chi connectivity index (χ0n) is 7.93. The molecule has 0 aliphatic carbocycles. The van der Waals surface area contributed by atoms with Crippen LogP contribution in [0, 0.1) is 10.1 Å². The van der Waals surface area contributed by atoms with E-state index in [1.807, 2.05) is 0 Å². The minimum absolute atomic E-state index is 0. The predicted octanol–water partition coefficient (Wildman–Crippen LogP) is -1.59. The van der Waals surface area contributed by atoms with Gasteiger partial charge in [0, 0.05) is 6.07 Å². The Balaban J connectivity index is 0. The Morgan fingerprint density at radius 3 is 2.38 bits per heavy atom. The molecular weight excluding hydrogens is 201 g/mol. The summed E-state index contributed by atoms with van der Waals surface area (Å²) in [5.74, 6) is -1.29. The van der Waals surface area contributed by atoms with Crippen molar-refractivity contribution < 1.29 is 67.6 Å². The van der Waals surface area contributed by atoms with Crippen LogP contribution in [-0.2, 0) is 0 Å². The van der Waals surface area contributed by atoms with Gasteiger partial charge in [0.15, 0.2) is 0 Å². The van der Waals surface area contributed by atoms with Crippen LogP contribution < -0.4 is 51.4 Å². The van der Waals surface area contributed by atoms with E-state index < -0.39 is 10.9 Å². The molecular formula is C7H6KNO4. The van der Waals surface area contributed by atoms with Gasteiger partial charge in [0.05, 0.1) is 4.92 Å². The predicted molar refractivity (Wildman–Crippen MR) is 41.2 cm³/mol. The van der Waals surface area contributed by atoms with Gasteiger partial charge in [-0.25, -0.2) is 4.79 Å². The third kappa shape index (κ3) is 3.16. The zero-order valence-corrected chi connectivity index (χ0v) is 10.1. The largest absolute Gasteiger partial charge is 1.00 e. The number of carboxylic acid groups (broad SMARTS) is 1. The van der Waals surface area contributed by atoms with Gasteiger partial charge in [-0.2, -0.15) is 0 Å². The number of rotatable bonds is 2. The molecule has 1 N–H and O–H groups in total. The first-order chi connectivity index (χ1) is 5.63. The molecule has 0 aromatic heterocycles. The third-order valence-corrected chi connectivity index (χ3v) is 1.33. The third-order valence-electron chi connectivity index (χ3n) is 1.33. The minimum Gasteiger partial charge on any atom is -1.00 e. The quantitative estimate of drug-likeness (QED) is 0.360. The average molecular weight is 207 g/mol. The van der Waals surface area contributed by atoms with Crippen molar-refractivity contribution in [3.63, 3.8) is 0 Å². The second-order valence-corrected chi connectivity index (χ2v) is 2.08. The zero-order chi connectivity index (χ0) is 9.14. The van der Waals surface area contributed by atoms with Crippen molar-refractivity contribution in [3.8, 4) is 0 Å². The molecule has 0 saturated carbocycles. The summed E-state index contributed by atoms with van der Waals surface area (Å²) in [7, 11) is 0. The molecule has 1 aromatic carbocycles. The normalized spacial score (nSPS) is 8.62. The molecule has 0 aliphatic rings. The molecule has 6 heteroatoms. The Morgan fingerprint density at radius 2 is 2.00 bits per heavy atom. The van der Waals surface area contributed by atoms with Crippen LogP contribution >= 0.6 is 0 Å². The molecule has 0 bridgehead atoms. The van der Waals surface area contributed by atoms with Gasteiger partial charge in [0.1, 0.15) is 5.56 Å². The first kappa shape index (κ1) is 12.7. The first-order valence-corrected chi connectivity index (χ1v) is 3.09. The van der Waals surface area contributed by atoms with Crippen LogP contribution in [0.3, 0.4) is 0 Å². The smallest absolute Gasteiger partial charge is 1.00 e. The van der Waals surface area contributed by atoms with Crippen molar-refractivity contribution in [2.45, 2.75) is 0 Å². The maximum absolute atomic E-state index is 10.4. The Morgan fingerprint density at radius 1 is 1.46 bits per heavy atom. The molecule has 0 fully saturated rings. The summed E-state index contributed by atoms with van der Waals surface area (Å²) in [6.07, 6.45) is 0. The summed E-state index contributed by atoms with van der Waals surface area (Å²) in [6.45, 7) is 0. The fourth-order valence-corrected chi connectivity index (χ4v) is 0.814. The van der Waals surface area contributed by atoms with Crippen LogP contribution in [0.2, 0.25) is 0 Å². The van der Waals surface area contributed by atoms with E-state index in [-0.39, 0.29) is 64.1 Å². The Bertz CT molecular complexity index is 311. The molecule has 0 saturated heterocycles. The first-order valence-electron chi connectivity index (χ1n) is 3.09.